The molecule has 0 N–H and O–H groups in total. The van der Waals surface area contributed by atoms with Crippen molar-refractivity contribution in [1.29, 1.82) is 0 Å². The Morgan fingerprint density at radius 2 is 1.67 bits per heavy atom. The molecule has 2 aliphatic rings. The van der Waals surface area contributed by atoms with Crippen LogP contribution in [0.4, 0.5) is 10.5 Å². The molecule has 98 valence electrons. The van der Waals surface area contributed by atoms with Crippen molar-refractivity contribution in [3.8, 4) is 0 Å². The Bertz CT molecular complexity index is 351. The van der Waals surface area contributed by atoms with E-state index in [9.17, 15) is 4.79 Å². The van der Waals surface area contributed by atoms with Crippen LogP contribution in [0.2, 0.25) is 0 Å². The summed E-state index contributed by atoms with van der Waals surface area (Å²) in [5.74, 6) is 0. The fraction of sp³-hybridized carbons (Fsp3) is 0.500. The number of hydrogen-bond donors (Lipinski definition) is 0. The van der Waals surface area contributed by atoms with Gasteiger partial charge in [0.05, 0.1) is 6.54 Å². The normalized spacial score (nSPS) is 18.9. The summed E-state index contributed by atoms with van der Waals surface area (Å²) in [6, 6.07) is 9.52. The number of hydrogen-bond acceptors (Lipinski definition) is 3. The van der Waals surface area contributed by atoms with Gasteiger partial charge in [-0.2, -0.15) is 0 Å². The third-order valence-electron chi connectivity index (χ3n) is 2.91. The highest BCUT2D eigenvalue weighted by Gasteiger charge is 2.22. The van der Waals surface area contributed by atoms with Crippen LogP contribution in [-0.2, 0) is 9.47 Å². The molecule has 4 nitrogen and oxygen atoms in total. The van der Waals surface area contributed by atoms with Crippen molar-refractivity contribution < 1.29 is 14.3 Å². The SMILES string of the molecule is C1CCOCC1.O=C1OCCN1c1ccccc1. The number of para-hydroxylation sites is 1. The van der Waals surface area contributed by atoms with Crippen LogP contribution in [-0.4, -0.2) is 32.5 Å². The lowest BCUT2D eigenvalue weighted by Crippen LogP contribution is -2.22. The van der Waals surface area contributed by atoms with Gasteiger partial charge in [0.25, 0.3) is 0 Å². The van der Waals surface area contributed by atoms with Gasteiger partial charge in [0.15, 0.2) is 0 Å². The van der Waals surface area contributed by atoms with E-state index in [4.69, 9.17) is 9.47 Å². The molecule has 2 aliphatic heterocycles. The minimum absolute atomic E-state index is 0.249. The summed E-state index contributed by atoms with van der Waals surface area (Å²) in [6.45, 7) is 3.15. The number of carbonyl (C=O) groups excluding carboxylic acids is 1. The van der Waals surface area contributed by atoms with Crippen molar-refractivity contribution in [2.75, 3.05) is 31.3 Å². The number of carbonyl (C=O) groups is 1. The highest BCUT2D eigenvalue weighted by Crippen LogP contribution is 2.16. The zero-order valence-corrected chi connectivity index (χ0v) is 10.5. The van der Waals surface area contributed by atoms with E-state index >= 15 is 0 Å². The first-order valence-electron chi connectivity index (χ1n) is 6.45. The van der Waals surface area contributed by atoms with Gasteiger partial charge in [-0.1, -0.05) is 18.2 Å². The molecule has 1 aromatic carbocycles. The van der Waals surface area contributed by atoms with Gasteiger partial charge >= 0.3 is 6.09 Å². The predicted octanol–water partition coefficient (Wildman–Crippen LogP) is 2.83. The molecular formula is C14H19NO3. The highest BCUT2D eigenvalue weighted by molar-refractivity contribution is 5.89. The van der Waals surface area contributed by atoms with Gasteiger partial charge in [-0.25, -0.2) is 4.79 Å². The molecule has 0 unspecified atom stereocenters. The van der Waals surface area contributed by atoms with Crippen LogP contribution in [0.25, 0.3) is 0 Å². The van der Waals surface area contributed by atoms with Crippen LogP contribution >= 0.6 is 0 Å². The lowest BCUT2D eigenvalue weighted by atomic mass is 10.2. The predicted molar refractivity (Wildman–Crippen MR) is 69.8 cm³/mol. The molecule has 2 saturated heterocycles. The summed E-state index contributed by atoms with van der Waals surface area (Å²) in [5.41, 5.74) is 0.903. The Labute approximate surface area is 107 Å². The summed E-state index contributed by atoms with van der Waals surface area (Å²) < 4.78 is 9.88. The number of amides is 1. The molecule has 0 aromatic heterocycles. The summed E-state index contributed by atoms with van der Waals surface area (Å²) >= 11 is 0. The van der Waals surface area contributed by atoms with Gasteiger partial charge in [-0.05, 0) is 31.4 Å². The van der Waals surface area contributed by atoms with Crippen molar-refractivity contribution in [2.45, 2.75) is 19.3 Å². The minimum atomic E-state index is -0.249. The second-order valence-electron chi connectivity index (χ2n) is 4.27. The average Bonchev–Trinajstić information content (AvgIpc) is 2.89. The molecule has 1 amide bonds. The van der Waals surface area contributed by atoms with Crippen molar-refractivity contribution >= 4 is 11.8 Å². The van der Waals surface area contributed by atoms with Crippen LogP contribution in [0, 0.1) is 0 Å². The molecule has 2 fully saturated rings. The van der Waals surface area contributed by atoms with Crippen molar-refractivity contribution in [2.24, 2.45) is 0 Å². The smallest absolute Gasteiger partial charge is 0.414 e. The fourth-order valence-electron chi connectivity index (χ4n) is 1.92. The van der Waals surface area contributed by atoms with E-state index in [0.717, 1.165) is 18.9 Å². The van der Waals surface area contributed by atoms with Crippen LogP contribution in [0.15, 0.2) is 30.3 Å². The standard InChI is InChI=1S/C9H9NO2.C5H10O/c11-9-10(6-7-12-9)8-4-2-1-3-5-8;1-2-4-6-5-3-1/h1-5H,6-7H2;1-5H2. The van der Waals surface area contributed by atoms with E-state index in [1.165, 1.54) is 19.3 Å². The van der Waals surface area contributed by atoms with Gasteiger partial charge in [-0.3, -0.25) is 4.90 Å². The third-order valence-corrected chi connectivity index (χ3v) is 2.91. The molecule has 2 heterocycles. The second-order valence-corrected chi connectivity index (χ2v) is 4.27. The lowest BCUT2D eigenvalue weighted by Gasteiger charge is -2.11. The highest BCUT2D eigenvalue weighted by atomic mass is 16.6. The van der Waals surface area contributed by atoms with Gasteiger partial charge < -0.3 is 9.47 Å². The molecule has 0 bridgehead atoms. The Balaban J connectivity index is 0.000000169. The van der Waals surface area contributed by atoms with Crippen molar-refractivity contribution in [3.05, 3.63) is 30.3 Å². The number of anilines is 1. The quantitative estimate of drug-likeness (QED) is 0.768. The summed E-state index contributed by atoms with van der Waals surface area (Å²) in [7, 11) is 0. The monoisotopic (exact) mass is 249 g/mol. The average molecular weight is 249 g/mol. The zero-order chi connectivity index (χ0) is 12.6. The second kappa shape index (κ2) is 7.01. The molecule has 0 atom stereocenters. The first-order valence-corrected chi connectivity index (χ1v) is 6.45. The van der Waals surface area contributed by atoms with Gasteiger partial charge in [0, 0.05) is 18.9 Å². The maximum Gasteiger partial charge on any atom is 0.414 e. The summed E-state index contributed by atoms with van der Waals surface area (Å²) in [4.78, 5) is 12.7. The fourth-order valence-corrected chi connectivity index (χ4v) is 1.92. The Morgan fingerprint density at radius 1 is 0.944 bits per heavy atom. The Hall–Kier alpha value is -1.55. The molecule has 4 heteroatoms. The number of rotatable bonds is 1. The Morgan fingerprint density at radius 3 is 2.11 bits per heavy atom. The number of cyclic esters (lactones) is 1. The van der Waals surface area contributed by atoms with Crippen LogP contribution in [0.1, 0.15) is 19.3 Å². The molecule has 3 rings (SSSR count). The first-order chi connectivity index (χ1) is 8.88. The minimum Gasteiger partial charge on any atom is -0.447 e. The number of nitrogens with zero attached hydrogens (tertiary/aromatic N) is 1. The van der Waals surface area contributed by atoms with Crippen molar-refractivity contribution in [3.63, 3.8) is 0 Å². The first kappa shape index (κ1) is 12.9. The van der Waals surface area contributed by atoms with Gasteiger partial charge in [-0.15, -0.1) is 0 Å². The Kier molecular flexibility index (Phi) is 5.02. The summed E-state index contributed by atoms with van der Waals surface area (Å²) in [5, 5.41) is 0. The lowest BCUT2D eigenvalue weighted by molar-refractivity contribution is 0.0968. The topological polar surface area (TPSA) is 38.8 Å². The van der Waals surface area contributed by atoms with E-state index in [0.29, 0.717) is 13.2 Å². The van der Waals surface area contributed by atoms with Gasteiger partial charge in [0.2, 0.25) is 0 Å². The largest absolute Gasteiger partial charge is 0.447 e. The maximum absolute atomic E-state index is 11.1. The zero-order valence-electron chi connectivity index (χ0n) is 10.5. The number of ether oxygens (including phenoxy) is 2. The van der Waals surface area contributed by atoms with Crippen LogP contribution < -0.4 is 4.90 Å². The van der Waals surface area contributed by atoms with E-state index in [1.54, 1.807) is 4.90 Å². The molecule has 0 spiro atoms. The molecule has 0 radical (unpaired) electrons. The van der Waals surface area contributed by atoms with E-state index in [1.807, 2.05) is 30.3 Å². The molecule has 0 aliphatic carbocycles. The maximum atomic E-state index is 11.1. The summed E-state index contributed by atoms with van der Waals surface area (Å²) in [6.07, 6.45) is 3.68. The van der Waals surface area contributed by atoms with E-state index in [2.05, 4.69) is 0 Å². The van der Waals surface area contributed by atoms with E-state index in [-0.39, 0.29) is 6.09 Å². The molecule has 18 heavy (non-hydrogen) atoms. The van der Waals surface area contributed by atoms with Crippen LogP contribution in [0.5, 0.6) is 0 Å². The van der Waals surface area contributed by atoms with E-state index < -0.39 is 0 Å². The van der Waals surface area contributed by atoms with Crippen molar-refractivity contribution in [1.82, 2.24) is 0 Å². The molecular weight excluding hydrogens is 230 g/mol. The van der Waals surface area contributed by atoms with Gasteiger partial charge in [0.1, 0.15) is 6.61 Å². The molecule has 1 aromatic rings. The van der Waals surface area contributed by atoms with Crippen LogP contribution in [0.3, 0.4) is 0 Å². The molecule has 0 saturated carbocycles. The number of benzene rings is 1. The third kappa shape index (κ3) is 3.74.